The summed E-state index contributed by atoms with van der Waals surface area (Å²) < 4.78 is 19.9. The number of anilines is 1. The first-order valence-corrected chi connectivity index (χ1v) is 10.3. The number of hydrogen-bond donors (Lipinski definition) is 0. The topological polar surface area (TPSA) is 46.6 Å². The van der Waals surface area contributed by atoms with Gasteiger partial charge in [-0.1, -0.05) is 60.7 Å². The van der Waals surface area contributed by atoms with Crippen molar-refractivity contribution in [3.8, 4) is 5.75 Å². The third-order valence-corrected chi connectivity index (χ3v) is 5.88. The summed E-state index contributed by atoms with van der Waals surface area (Å²) in [4.78, 5) is 27.8. The van der Waals surface area contributed by atoms with Crippen LogP contribution in [0.2, 0.25) is 0 Å². The minimum absolute atomic E-state index is 0.0600. The van der Waals surface area contributed by atoms with E-state index in [1.807, 2.05) is 30.3 Å². The maximum atomic E-state index is 14.4. The maximum absolute atomic E-state index is 14.4. The Labute approximate surface area is 178 Å². The van der Waals surface area contributed by atoms with Gasteiger partial charge in [0.15, 0.2) is 0 Å². The molecule has 0 aliphatic carbocycles. The van der Waals surface area contributed by atoms with Crippen molar-refractivity contribution in [1.82, 2.24) is 0 Å². The molecular weight excluding hydrogens is 401 g/mol. The van der Waals surface area contributed by atoms with Gasteiger partial charge in [0.25, 0.3) is 11.8 Å². The van der Waals surface area contributed by atoms with Gasteiger partial charge in [-0.05, 0) is 23.8 Å². The summed E-state index contributed by atoms with van der Waals surface area (Å²) >= 11 is 1.26. The number of benzene rings is 3. The summed E-state index contributed by atoms with van der Waals surface area (Å²) in [5.41, 5.74) is 1.68. The van der Waals surface area contributed by atoms with E-state index >= 15 is 0 Å². The number of amides is 2. The van der Waals surface area contributed by atoms with E-state index in [-0.39, 0.29) is 16.2 Å². The number of ether oxygens (including phenoxy) is 1. The molecule has 0 saturated heterocycles. The third kappa shape index (κ3) is 3.62. The smallest absolute Gasteiger partial charge is 0.272 e. The molecule has 4 rings (SSSR count). The standard InChI is InChI=1S/C24H18FNO3S/c1-29-20-14-8-5-11-17(20)21-22(30-15-16-9-3-2-4-10-16)24(28)26(23(21)27)19-13-7-6-12-18(19)25/h2-14H,15H2,1H3. The zero-order valence-corrected chi connectivity index (χ0v) is 17.0. The normalized spacial score (nSPS) is 13.9. The third-order valence-electron chi connectivity index (χ3n) is 4.74. The van der Waals surface area contributed by atoms with Crippen LogP contribution in [-0.4, -0.2) is 18.9 Å². The van der Waals surface area contributed by atoms with Gasteiger partial charge >= 0.3 is 0 Å². The molecule has 0 N–H and O–H groups in total. The van der Waals surface area contributed by atoms with Crippen LogP contribution < -0.4 is 9.64 Å². The van der Waals surface area contributed by atoms with Crippen LogP contribution in [-0.2, 0) is 15.3 Å². The number of methoxy groups -OCH3 is 1. The van der Waals surface area contributed by atoms with E-state index in [0.29, 0.717) is 17.1 Å². The summed E-state index contributed by atoms with van der Waals surface area (Å²) in [7, 11) is 1.51. The first kappa shape index (κ1) is 19.9. The second-order valence-corrected chi connectivity index (χ2v) is 7.56. The molecule has 2 amide bonds. The van der Waals surface area contributed by atoms with Crippen molar-refractivity contribution in [3.63, 3.8) is 0 Å². The minimum atomic E-state index is -0.632. The quantitative estimate of drug-likeness (QED) is 0.525. The van der Waals surface area contributed by atoms with E-state index < -0.39 is 17.6 Å². The van der Waals surface area contributed by atoms with Gasteiger partial charge in [0, 0.05) is 11.3 Å². The van der Waals surface area contributed by atoms with Gasteiger partial charge in [-0.3, -0.25) is 9.59 Å². The largest absolute Gasteiger partial charge is 0.496 e. The Morgan fingerprint density at radius 2 is 1.53 bits per heavy atom. The maximum Gasteiger partial charge on any atom is 0.272 e. The number of imide groups is 1. The van der Waals surface area contributed by atoms with Crippen LogP contribution in [0.4, 0.5) is 10.1 Å². The minimum Gasteiger partial charge on any atom is -0.496 e. The zero-order chi connectivity index (χ0) is 21.1. The van der Waals surface area contributed by atoms with Crippen molar-refractivity contribution in [2.75, 3.05) is 12.0 Å². The van der Waals surface area contributed by atoms with Crippen LogP contribution in [0.25, 0.3) is 5.57 Å². The fraction of sp³-hybridized carbons (Fsp3) is 0.0833. The van der Waals surface area contributed by atoms with Crippen molar-refractivity contribution >= 4 is 34.8 Å². The lowest BCUT2D eigenvalue weighted by Gasteiger charge is -2.16. The molecule has 3 aromatic rings. The molecule has 30 heavy (non-hydrogen) atoms. The summed E-state index contributed by atoms with van der Waals surface area (Å²) in [5, 5.41) is 0. The highest BCUT2D eigenvalue weighted by molar-refractivity contribution is 8.03. The number of hydrogen-bond acceptors (Lipinski definition) is 4. The van der Waals surface area contributed by atoms with Crippen molar-refractivity contribution in [3.05, 3.63) is 101 Å². The molecule has 0 atom stereocenters. The van der Waals surface area contributed by atoms with Gasteiger partial charge in [0.05, 0.1) is 23.3 Å². The van der Waals surface area contributed by atoms with Crippen LogP contribution in [0, 0.1) is 5.82 Å². The van der Waals surface area contributed by atoms with E-state index in [2.05, 4.69) is 0 Å². The fourth-order valence-electron chi connectivity index (χ4n) is 3.31. The van der Waals surface area contributed by atoms with E-state index in [1.165, 1.54) is 37.1 Å². The van der Waals surface area contributed by atoms with Gasteiger partial charge < -0.3 is 4.74 Å². The van der Waals surface area contributed by atoms with Gasteiger partial charge in [0.1, 0.15) is 11.6 Å². The molecule has 3 aromatic carbocycles. The first-order valence-electron chi connectivity index (χ1n) is 9.29. The summed E-state index contributed by atoms with van der Waals surface area (Å²) in [6, 6.07) is 22.4. The van der Waals surface area contributed by atoms with Crippen LogP contribution in [0.1, 0.15) is 11.1 Å². The predicted molar refractivity (Wildman–Crippen MR) is 117 cm³/mol. The molecule has 0 bridgehead atoms. The molecule has 0 saturated carbocycles. The lowest BCUT2D eigenvalue weighted by Crippen LogP contribution is -2.32. The summed E-state index contributed by atoms with van der Waals surface area (Å²) in [6.45, 7) is 0. The van der Waals surface area contributed by atoms with E-state index in [4.69, 9.17) is 4.74 Å². The van der Waals surface area contributed by atoms with E-state index in [9.17, 15) is 14.0 Å². The lowest BCUT2D eigenvalue weighted by molar-refractivity contribution is -0.119. The lowest BCUT2D eigenvalue weighted by atomic mass is 10.0. The molecule has 6 heteroatoms. The van der Waals surface area contributed by atoms with Crippen molar-refractivity contribution in [2.45, 2.75) is 5.75 Å². The van der Waals surface area contributed by atoms with Gasteiger partial charge in [-0.2, -0.15) is 0 Å². The van der Waals surface area contributed by atoms with Gasteiger partial charge in [0.2, 0.25) is 0 Å². The number of rotatable bonds is 6. The summed E-state index contributed by atoms with van der Waals surface area (Å²) in [5.74, 6) is -0.759. The molecule has 0 unspecified atom stereocenters. The van der Waals surface area contributed by atoms with Crippen LogP contribution >= 0.6 is 11.8 Å². The Kier molecular flexibility index (Phi) is 5.68. The molecule has 0 spiro atoms. The number of carbonyl (C=O) groups excluding carboxylic acids is 2. The average Bonchev–Trinajstić information content (AvgIpc) is 3.02. The fourth-order valence-corrected chi connectivity index (χ4v) is 4.37. The average molecular weight is 419 g/mol. The Balaban J connectivity index is 1.80. The molecule has 0 aromatic heterocycles. The highest BCUT2D eigenvalue weighted by Gasteiger charge is 2.42. The molecular formula is C24H18FNO3S. The number of nitrogens with zero attached hydrogens (tertiary/aromatic N) is 1. The monoisotopic (exact) mass is 419 g/mol. The van der Waals surface area contributed by atoms with Crippen LogP contribution in [0.5, 0.6) is 5.75 Å². The Bertz CT molecular complexity index is 1140. The molecule has 1 aliphatic heterocycles. The second-order valence-electron chi connectivity index (χ2n) is 6.58. The van der Waals surface area contributed by atoms with Crippen molar-refractivity contribution < 1.29 is 18.7 Å². The van der Waals surface area contributed by atoms with Gasteiger partial charge in [-0.15, -0.1) is 11.8 Å². The molecule has 150 valence electrons. The first-order chi connectivity index (χ1) is 14.6. The number of thioether (sulfide) groups is 1. The molecule has 4 nitrogen and oxygen atoms in total. The highest BCUT2D eigenvalue weighted by Crippen LogP contribution is 2.42. The van der Waals surface area contributed by atoms with E-state index in [1.54, 1.807) is 30.3 Å². The SMILES string of the molecule is COc1ccccc1C1=C(SCc2ccccc2)C(=O)N(c2ccccc2F)C1=O. The number of para-hydroxylation sites is 2. The second kappa shape index (κ2) is 8.55. The van der Waals surface area contributed by atoms with Crippen molar-refractivity contribution in [1.29, 1.82) is 0 Å². The highest BCUT2D eigenvalue weighted by atomic mass is 32.2. The molecule has 0 radical (unpaired) electrons. The predicted octanol–water partition coefficient (Wildman–Crippen LogP) is 5.05. The zero-order valence-electron chi connectivity index (χ0n) is 16.2. The van der Waals surface area contributed by atoms with E-state index in [0.717, 1.165) is 10.5 Å². The van der Waals surface area contributed by atoms with Crippen LogP contribution in [0.3, 0.4) is 0 Å². The number of halogens is 1. The molecule has 1 heterocycles. The Morgan fingerprint density at radius 3 is 2.27 bits per heavy atom. The molecule has 1 aliphatic rings. The Hall–Kier alpha value is -3.38. The van der Waals surface area contributed by atoms with Crippen LogP contribution in [0.15, 0.2) is 83.8 Å². The van der Waals surface area contributed by atoms with Crippen molar-refractivity contribution in [2.24, 2.45) is 0 Å². The number of carbonyl (C=O) groups is 2. The van der Waals surface area contributed by atoms with Gasteiger partial charge in [-0.25, -0.2) is 9.29 Å². The Morgan fingerprint density at radius 1 is 0.867 bits per heavy atom. The molecule has 0 fully saturated rings. The summed E-state index contributed by atoms with van der Waals surface area (Å²) in [6.07, 6.45) is 0.